The standard InChI is InChI=1S/C17H27NO3/c1-12(2)14-8-6-7-9-15(14)21-11-10-17(5,16(19)20)18-13(3)4/h6-9,12-13,18H,10-11H2,1-5H3,(H,19,20). The van der Waals surface area contributed by atoms with E-state index in [-0.39, 0.29) is 6.04 Å². The molecule has 0 saturated heterocycles. The molecule has 1 atom stereocenters. The molecule has 1 aromatic rings. The van der Waals surface area contributed by atoms with E-state index in [1.165, 1.54) is 0 Å². The van der Waals surface area contributed by atoms with E-state index in [4.69, 9.17) is 4.74 Å². The summed E-state index contributed by atoms with van der Waals surface area (Å²) in [5.74, 6) is 0.363. The zero-order valence-electron chi connectivity index (χ0n) is 13.6. The number of ether oxygens (including phenoxy) is 1. The van der Waals surface area contributed by atoms with Gasteiger partial charge >= 0.3 is 5.97 Å². The normalized spacial score (nSPS) is 14.2. The van der Waals surface area contributed by atoms with Crippen LogP contribution in [0.3, 0.4) is 0 Å². The first-order valence-electron chi connectivity index (χ1n) is 7.49. The van der Waals surface area contributed by atoms with Gasteiger partial charge in [-0.3, -0.25) is 10.1 Å². The number of benzene rings is 1. The van der Waals surface area contributed by atoms with E-state index in [0.717, 1.165) is 11.3 Å². The van der Waals surface area contributed by atoms with E-state index in [0.29, 0.717) is 18.9 Å². The van der Waals surface area contributed by atoms with Crippen molar-refractivity contribution >= 4 is 5.97 Å². The van der Waals surface area contributed by atoms with Crippen LogP contribution in [-0.4, -0.2) is 29.3 Å². The lowest BCUT2D eigenvalue weighted by Gasteiger charge is -2.28. The van der Waals surface area contributed by atoms with Gasteiger partial charge in [-0.15, -0.1) is 0 Å². The predicted molar refractivity (Wildman–Crippen MR) is 85.0 cm³/mol. The minimum Gasteiger partial charge on any atom is -0.493 e. The number of aliphatic carboxylic acids is 1. The van der Waals surface area contributed by atoms with Gasteiger partial charge in [-0.05, 0) is 38.3 Å². The number of para-hydroxylation sites is 1. The van der Waals surface area contributed by atoms with Gasteiger partial charge in [0.2, 0.25) is 0 Å². The molecule has 1 rings (SSSR count). The summed E-state index contributed by atoms with van der Waals surface area (Å²) in [6.07, 6.45) is 0.410. The topological polar surface area (TPSA) is 58.6 Å². The van der Waals surface area contributed by atoms with Crippen LogP contribution in [0.5, 0.6) is 5.75 Å². The zero-order chi connectivity index (χ0) is 16.0. The molecule has 0 aliphatic carbocycles. The molecular weight excluding hydrogens is 266 g/mol. The second kappa shape index (κ2) is 7.46. The quantitative estimate of drug-likeness (QED) is 0.771. The lowest BCUT2D eigenvalue weighted by atomic mass is 9.97. The first-order valence-corrected chi connectivity index (χ1v) is 7.49. The van der Waals surface area contributed by atoms with Crippen molar-refractivity contribution in [3.8, 4) is 5.75 Å². The molecule has 0 aliphatic rings. The van der Waals surface area contributed by atoms with E-state index >= 15 is 0 Å². The third-order valence-electron chi connectivity index (χ3n) is 3.48. The molecule has 21 heavy (non-hydrogen) atoms. The molecule has 2 N–H and O–H groups in total. The Bertz CT molecular complexity index is 471. The summed E-state index contributed by atoms with van der Waals surface area (Å²) < 4.78 is 5.82. The summed E-state index contributed by atoms with van der Waals surface area (Å²) in [7, 11) is 0. The molecule has 0 amide bonds. The summed E-state index contributed by atoms with van der Waals surface area (Å²) in [4.78, 5) is 11.5. The summed E-state index contributed by atoms with van der Waals surface area (Å²) >= 11 is 0. The average molecular weight is 293 g/mol. The Morgan fingerprint density at radius 1 is 1.29 bits per heavy atom. The molecule has 118 valence electrons. The number of carboxylic acid groups (broad SMARTS) is 1. The SMILES string of the molecule is CC(C)NC(C)(CCOc1ccccc1C(C)C)C(=O)O. The third-order valence-corrected chi connectivity index (χ3v) is 3.48. The van der Waals surface area contributed by atoms with Crippen LogP contribution in [-0.2, 0) is 4.79 Å². The van der Waals surface area contributed by atoms with Crippen LogP contribution in [0.4, 0.5) is 0 Å². The molecule has 4 nitrogen and oxygen atoms in total. The van der Waals surface area contributed by atoms with Crippen molar-refractivity contribution in [1.82, 2.24) is 5.32 Å². The highest BCUT2D eigenvalue weighted by Crippen LogP contribution is 2.26. The highest BCUT2D eigenvalue weighted by atomic mass is 16.5. The van der Waals surface area contributed by atoms with Crippen LogP contribution >= 0.6 is 0 Å². The maximum absolute atomic E-state index is 11.5. The highest BCUT2D eigenvalue weighted by molar-refractivity contribution is 5.78. The minimum absolute atomic E-state index is 0.106. The van der Waals surface area contributed by atoms with Crippen molar-refractivity contribution in [3.05, 3.63) is 29.8 Å². The Hall–Kier alpha value is -1.55. The summed E-state index contributed by atoms with van der Waals surface area (Å²) in [5.41, 5.74) is 0.173. The monoisotopic (exact) mass is 293 g/mol. The highest BCUT2D eigenvalue weighted by Gasteiger charge is 2.33. The van der Waals surface area contributed by atoms with Gasteiger partial charge < -0.3 is 9.84 Å². The molecule has 0 aromatic heterocycles. The molecule has 4 heteroatoms. The van der Waals surface area contributed by atoms with Gasteiger partial charge in [0.25, 0.3) is 0 Å². The smallest absolute Gasteiger partial charge is 0.323 e. The molecule has 0 radical (unpaired) electrons. The van der Waals surface area contributed by atoms with Crippen molar-refractivity contribution in [1.29, 1.82) is 0 Å². The van der Waals surface area contributed by atoms with E-state index in [9.17, 15) is 9.90 Å². The van der Waals surface area contributed by atoms with Gasteiger partial charge in [-0.25, -0.2) is 0 Å². The molecular formula is C17H27NO3. The van der Waals surface area contributed by atoms with Gasteiger partial charge in [-0.2, -0.15) is 0 Å². The fourth-order valence-corrected chi connectivity index (χ4v) is 2.33. The van der Waals surface area contributed by atoms with Crippen molar-refractivity contribution in [2.75, 3.05) is 6.61 Å². The third kappa shape index (κ3) is 5.05. The maximum Gasteiger partial charge on any atom is 0.323 e. The molecule has 0 saturated carbocycles. The van der Waals surface area contributed by atoms with Gasteiger partial charge in [-0.1, -0.05) is 32.0 Å². The van der Waals surface area contributed by atoms with Crippen molar-refractivity contribution in [2.45, 2.75) is 58.5 Å². The van der Waals surface area contributed by atoms with E-state index in [2.05, 4.69) is 19.2 Å². The van der Waals surface area contributed by atoms with Gasteiger partial charge in [0, 0.05) is 12.5 Å². The molecule has 1 aromatic carbocycles. The molecule has 0 aliphatic heterocycles. The second-order valence-corrected chi connectivity index (χ2v) is 6.23. The minimum atomic E-state index is -0.971. The Labute approximate surface area is 127 Å². The van der Waals surface area contributed by atoms with Crippen LogP contribution in [0.2, 0.25) is 0 Å². The van der Waals surface area contributed by atoms with Crippen LogP contribution in [0.15, 0.2) is 24.3 Å². The fourth-order valence-electron chi connectivity index (χ4n) is 2.33. The lowest BCUT2D eigenvalue weighted by Crippen LogP contribution is -2.53. The second-order valence-electron chi connectivity index (χ2n) is 6.23. The van der Waals surface area contributed by atoms with Crippen molar-refractivity contribution < 1.29 is 14.6 Å². The average Bonchev–Trinajstić information content (AvgIpc) is 2.38. The number of carboxylic acids is 1. The Morgan fingerprint density at radius 2 is 1.90 bits per heavy atom. The lowest BCUT2D eigenvalue weighted by molar-refractivity contribution is -0.145. The molecule has 0 bridgehead atoms. The van der Waals surface area contributed by atoms with Gasteiger partial charge in [0.15, 0.2) is 0 Å². The molecule has 0 heterocycles. The maximum atomic E-state index is 11.5. The van der Waals surface area contributed by atoms with E-state index in [1.807, 2.05) is 38.1 Å². The number of carbonyl (C=O) groups is 1. The summed E-state index contributed by atoms with van der Waals surface area (Å²) in [6.45, 7) is 10.2. The summed E-state index contributed by atoms with van der Waals surface area (Å²) in [6, 6.07) is 8.01. The number of hydrogen-bond donors (Lipinski definition) is 2. The van der Waals surface area contributed by atoms with Crippen LogP contribution in [0.25, 0.3) is 0 Å². The van der Waals surface area contributed by atoms with Gasteiger partial charge in [0.1, 0.15) is 11.3 Å². The van der Waals surface area contributed by atoms with Crippen LogP contribution in [0.1, 0.15) is 52.5 Å². The molecule has 0 spiro atoms. The Morgan fingerprint density at radius 3 is 2.43 bits per heavy atom. The number of rotatable bonds is 8. The largest absolute Gasteiger partial charge is 0.493 e. The predicted octanol–water partition coefficient (Wildman–Crippen LogP) is 3.42. The number of nitrogens with one attached hydrogen (secondary N) is 1. The van der Waals surface area contributed by atoms with Crippen molar-refractivity contribution in [3.63, 3.8) is 0 Å². The number of hydrogen-bond acceptors (Lipinski definition) is 3. The zero-order valence-corrected chi connectivity index (χ0v) is 13.6. The van der Waals surface area contributed by atoms with E-state index < -0.39 is 11.5 Å². The fraction of sp³-hybridized carbons (Fsp3) is 0.588. The molecule has 1 unspecified atom stereocenters. The van der Waals surface area contributed by atoms with Crippen LogP contribution in [0, 0.1) is 0 Å². The molecule has 0 fully saturated rings. The van der Waals surface area contributed by atoms with Crippen LogP contribution < -0.4 is 10.1 Å². The van der Waals surface area contributed by atoms with Crippen molar-refractivity contribution in [2.24, 2.45) is 0 Å². The van der Waals surface area contributed by atoms with E-state index in [1.54, 1.807) is 6.92 Å². The Kier molecular flexibility index (Phi) is 6.21. The Balaban J connectivity index is 2.69. The first kappa shape index (κ1) is 17.5. The van der Waals surface area contributed by atoms with Gasteiger partial charge in [0.05, 0.1) is 6.61 Å². The first-order chi connectivity index (χ1) is 9.76. The summed E-state index contributed by atoms with van der Waals surface area (Å²) in [5, 5.41) is 12.5.